The molecule has 0 saturated carbocycles. The van der Waals surface area contributed by atoms with E-state index in [4.69, 9.17) is 0 Å². The molecule has 121 valence electrons. The third-order valence-electron chi connectivity index (χ3n) is 2.28. The summed E-state index contributed by atoms with van der Waals surface area (Å²) < 4.78 is 0. The average molecular weight is 347 g/mol. The average Bonchev–Trinajstić information content (AvgIpc) is 2.12. The molecule has 0 atom stereocenters. The molecule has 0 fully saturated rings. The minimum absolute atomic E-state index is 0. The van der Waals surface area contributed by atoms with Crippen molar-refractivity contribution < 1.29 is 46.1 Å². The molecule has 0 amide bonds. The quantitative estimate of drug-likeness (QED) is 0.231. The SMILES string of the molecule is CC(=O)C(C(C)=O)=C(C)[O-].CC(=O)C(C(C)=O)C(C)=O.[Cu+2]. The van der Waals surface area contributed by atoms with E-state index in [-0.39, 0.29) is 40.0 Å². The Bertz CT molecular complexity index is 423. The number of carbonyl (C=O) groups excluding carboxylic acids is 5. The first-order valence-corrected chi connectivity index (χ1v) is 5.84. The van der Waals surface area contributed by atoms with Gasteiger partial charge in [-0.2, -0.15) is 0 Å². The van der Waals surface area contributed by atoms with Gasteiger partial charge in [0.1, 0.15) is 23.3 Å². The van der Waals surface area contributed by atoms with Gasteiger partial charge >= 0.3 is 17.1 Å². The molecule has 0 unspecified atom stereocenters. The van der Waals surface area contributed by atoms with Crippen LogP contribution in [0.1, 0.15) is 41.5 Å². The van der Waals surface area contributed by atoms with E-state index in [1.54, 1.807) is 0 Å². The van der Waals surface area contributed by atoms with Gasteiger partial charge in [-0.15, -0.1) is 5.76 Å². The fraction of sp³-hybridized carbons (Fsp3) is 0.500. The summed E-state index contributed by atoms with van der Waals surface area (Å²) in [6, 6.07) is 0. The van der Waals surface area contributed by atoms with E-state index >= 15 is 0 Å². The van der Waals surface area contributed by atoms with Gasteiger partial charge in [-0.25, -0.2) is 0 Å². The Kier molecular flexibility index (Phi) is 12.9. The van der Waals surface area contributed by atoms with Crippen LogP contribution in [-0.4, -0.2) is 28.9 Å². The van der Waals surface area contributed by atoms with E-state index in [1.165, 1.54) is 41.5 Å². The van der Waals surface area contributed by atoms with Crippen LogP contribution in [0.25, 0.3) is 0 Å². The summed E-state index contributed by atoms with van der Waals surface area (Å²) in [5.41, 5.74) is -0.222. The molecular weight excluding hydrogens is 328 g/mol. The number of Topliss-reactive ketones (excluding diaryl/α,β-unsaturated/α-hetero) is 5. The van der Waals surface area contributed by atoms with E-state index < -0.39 is 23.2 Å². The molecule has 0 aromatic heterocycles. The second-order valence-electron chi connectivity index (χ2n) is 4.31. The molecule has 21 heavy (non-hydrogen) atoms. The zero-order valence-corrected chi connectivity index (χ0v) is 13.8. The summed E-state index contributed by atoms with van der Waals surface area (Å²) in [6.07, 6.45) is 0. The van der Waals surface area contributed by atoms with Crippen LogP contribution >= 0.6 is 0 Å². The van der Waals surface area contributed by atoms with E-state index in [1.807, 2.05) is 0 Å². The van der Waals surface area contributed by atoms with Gasteiger partial charge in [-0.3, -0.25) is 24.0 Å². The molecule has 0 aliphatic heterocycles. The number of carbonyl (C=O) groups is 5. The van der Waals surface area contributed by atoms with E-state index in [0.717, 1.165) is 0 Å². The summed E-state index contributed by atoms with van der Waals surface area (Å²) in [5.74, 6) is -3.53. The predicted molar refractivity (Wildman–Crippen MR) is 69.6 cm³/mol. The molecule has 0 rings (SSSR count). The van der Waals surface area contributed by atoms with Crippen molar-refractivity contribution in [3.63, 3.8) is 0 Å². The number of ketones is 5. The van der Waals surface area contributed by atoms with E-state index in [2.05, 4.69) is 0 Å². The number of hydrogen-bond acceptors (Lipinski definition) is 6. The molecule has 7 heteroatoms. The summed E-state index contributed by atoms with van der Waals surface area (Å²) in [6.45, 7) is 7.35. The molecule has 0 bridgehead atoms. The number of rotatable bonds is 5. The van der Waals surface area contributed by atoms with Crippen LogP contribution in [0.5, 0.6) is 0 Å². The number of allylic oxidation sites excluding steroid dienone is 2. The van der Waals surface area contributed by atoms with Crippen LogP contribution in [0.3, 0.4) is 0 Å². The minimum atomic E-state index is -1.03. The van der Waals surface area contributed by atoms with Crippen molar-refractivity contribution in [3.05, 3.63) is 11.3 Å². The normalized spacial score (nSPS) is 8.71. The second kappa shape index (κ2) is 11.1. The Morgan fingerprint density at radius 3 is 0.905 bits per heavy atom. The summed E-state index contributed by atoms with van der Waals surface area (Å²) in [7, 11) is 0. The maximum atomic E-state index is 10.6. The van der Waals surface area contributed by atoms with Crippen molar-refractivity contribution in [1.29, 1.82) is 0 Å². The second-order valence-corrected chi connectivity index (χ2v) is 4.31. The first-order chi connectivity index (χ1) is 8.93. The monoisotopic (exact) mass is 346 g/mol. The van der Waals surface area contributed by atoms with Crippen LogP contribution in [0.4, 0.5) is 0 Å². The molecule has 0 saturated heterocycles. The Morgan fingerprint density at radius 1 is 0.667 bits per heavy atom. The van der Waals surface area contributed by atoms with Gasteiger partial charge in [-0.05, 0) is 34.6 Å². The van der Waals surface area contributed by atoms with Gasteiger partial charge < -0.3 is 5.11 Å². The fourth-order valence-corrected chi connectivity index (χ4v) is 1.60. The third-order valence-corrected chi connectivity index (χ3v) is 2.28. The van der Waals surface area contributed by atoms with Crippen molar-refractivity contribution >= 4 is 28.9 Å². The van der Waals surface area contributed by atoms with Gasteiger partial charge in [-0.1, -0.05) is 6.92 Å². The fourth-order valence-electron chi connectivity index (χ4n) is 1.60. The van der Waals surface area contributed by atoms with Gasteiger partial charge in [0, 0.05) is 5.57 Å². The summed E-state index contributed by atoms with van der Waals surface area (Å²) in [5, 5.41) is 10.5. The molecule has 6 nitrogen and oxygen atoms in total. The van der Waals surface area contributed by atoms with Crippen LogP contribution in [0, 0.1) is 5.92 Å². The van der Waals surface area contributed by atoms with Gasteiger partial charge in [0.05, 0.1) is 0 Å². The molecule has 1 radical (unpaired) electrons. The Morgan fingerprint density at radius 2 is 0.905 bits per heavy atom. The summed E-state index contributed by atoms with van der Waals surface area (Å²) in [4.78, 5) is 52.9. The molecular formula is C14H19CuO6+. The molecule has 0 spiro atoms. The molecule has 0 N–H and O–H groups in total. The third kappa shape index (κ3) is 9.87. The zero-order valence-electron chi connectivity index (χ0n) is 12.8. The smallest absolute Gasteiger partial charge is 0.875 e. The van der Waals surface area contributed by atoms with Gasteiger partial charge in [0.15, 0.2) is 11.6 Å². The van der Waals surface area contributed by atoms with Crippen LogP contribution in [0.2, 0.25) is 0 Å². The molecule has 0 heterocycles. The predicted octanol–water partition coefficient (Wildman–Crippen LogP) is 0.166. The van der Waals surface area contributed by atoms with Crippen LogP contribution in [-0.2, 0) is 41.0 Å². The molecule has 0 aliphatic carbocycles. The maximum Gasteiger partial charge on any atom is 2.00 e. The maximum absolute atomic E-state index is 10.6. The van der Waals surface area contributed by atoms with Crippen molar-refractivity contribution in [1.82, 2.24) is 0 Å². The zero-order chi connectivity index (χ0) is 16.6. The van der Waals surface area contributed by atoms with Crippen molar-refractivity contribution in [2.75, 3.05) is 0 Å². The van der Waals surface area contributed by atoms with Crippen LogP contribution < -0.4 is 5.11 Å². The number of hydrogen-bond donors (Lipinski definition) is 0. The Balaban J connectivity index is -0.000000295. The van der Waals surface area contributed by atoms with Crippen molar-refractivity contribution in [3.8, 4) is 0 Å². The van der Waals surface area contributed by atoms with E-state index in [9.17, 15) is 29.1 Å². The Labute approximate surface area is 134 Å². The minimum Gasteiger partial charge on any atom is -0.875 e. The van der Waals surface area contributed by atoms with Gasteiger partial charge in [0.2, 0.25) is 0 Å². The van der Waals surface area contributed by atoms with Crippen molar-refractivity contribution in [2.24, 2.45) is 5.92 Å². The topological polar surface area (TPSA) is 108 Å². The largest absolute Gasteiger partial charge is 2.00 e. The van der Waals surface area contributed by atoms with Crippen LogP contribution in [0.15, 0.2) is 11.3 Å². The van der Waals surface area contributed by atoms with E-state index in [0.29, 0.717) is 0 Å². The molecule has 0 aliphatic rings. The van der Waals surface area contributed by atoms with Gasteiger partial charge in [0.25, 0.3) is 0 Å². The molecule has 0 aromatic rings. The first kappa shape index (κ1) is 24.4. The first-order valence-electron chi connectivity index (χ1n) is 5.84. The summed E-state index contributed by atoms with van der Waals surface area (Å²) >= 11 is 0. The van der Waals surface area contributed by atoms with Crippen molar-refractivity contribution in [2.45, 2.75) is 41.5 Å². The molecule has 0 aromatic carbocycles. The Hall–Kier alpha value is -1.59. The standard InChI is InChI=1S/2C7H10O3.Cu/c2*1-4(8)7(5(2)9)6(3)10;/h8H,1-3H3;7H,1-3H3;/q;;+2/p-1.